The fraction of sp³-hybridized carbons (Fsp3) is 0.320. The first-order chi connectivity index (χ1) is 16.5. The lowest BCUT2D eigenvalue weighted by Crippen LogP contribution is -2.48. The van der Waals surface area contributed by atoms with Gasteiger partial charge in [0.05, 0.1) is 6.54 Å². The zero-order chi connectivity index (χ0) is 23.7. The molecule has 0 radical (unpaired) electrons. The number of aromatic nitrogens is 1. The molecule has 3 heterocycles. The van der Waals surface area contributed by atoms with Crippen LogP contribution in [0.15, 0.2) is 54.7 Å². The molecule has 1 aromatic heterocycles. The molecule has 0 spiro atoms. The Morgan fingerprint density at radius 1 is 1.12 bits per heavy atom. The number of hydrogen-bond donors (Lipinski definition) is 2. The number of fused-ring (bicyclic) bond motifs is 2. The third-order valence-corrected chi connectivity index (χ3v) is 6.23. The van der Waals surface area contributed by atoms with E-state index in [0.717, 1.165) is 21.4 Å². The molecule has 1 saturated heterocycles. The summed E-state index contributed by atoms with van der Waals surface area (Å²) in [7, 11) is 0. The topological polar surface area (TPSA) is 104 Å². The number of nitrogens with zero attached hydrogens (tertiary/aromatic N) is 2. The van der Waals surface area contributed by atoms with Crippen molar-refractivity contribution in [1.82, 2.24) is 20.1 Å². The lowest BCUT2D eigenvalue weighted by Gasteiger charge is -2.31. The van der Waals surface area contributed by atoms with Crippen molar-refractivity contribution in [3.63, 3.8) is 0 Å². The molecule has 2 aliphatic rings. The van der Waals surface area contributed by atoms with Gasteiger partial charge in [0, 0.05) is 30.1 Å². The lowest BCUT2D eigenvalue weighted by molar-refractivity contribution is -0.138. The van der Waals surface area contributed by atoms with Crippen molar-refractivity contribution in [2.45, 2.75) is 25.5 Å². The molecule has 2 atom stereocenters. The fourth-order valence-corrected chi connectivity index (χ4v) is 4.43. The molecule has 9 nitrogen and oxygen atoms in total. The number of carbonyl (C=O) groups is 3. The number of benzene rings is 2. The summed E-state index contributed by atoms with van der Waals surface area (Å²) in [5, 5.41) is 3.73. The third-order valence-electron chi connectivity index (χ3n) is 6.23. The van der Waals surface area contributed by atoms with E-state index in [4.69, 9.17) is 9.47 Å². The Kier molecular flexibility index (Phi) is 5.83. The Labute approximate surface area is 196 Å². The van der Waals surface area contributed by atoms with Gasteiger partial charge in [-0.1, -0.05) is 30.3 Å². The number of likely N-dealkylation sites (N-methyl/N-ethyl adjacent to an activating group) is 1. The molecule has 1 fully saturated rings. The van der Waals surface area contributed by atoms with Gasteiger partial charge in [-0.25, -0.2) is 4.79 Å². The van der Waals surface area contributed by atoms with E-state index in [2.05, 4.69) is 10.3 Å². The Hall–Kier alpha value is -4.01. The summed E-state index contributed by atoms with van der Waals surface area (Å²) in [6.45, 7) is 2.57. The molecule has 3 aromatic rings. The number of imide groups is 1. The van der Waals surface area contributed by atoms with E-state index in [1.54, 1.807) is 4.90 Å². The Morgan fingerprint density at radius 2 is 1.88 bits per heavy atom. The number of rotatable bonds is 7. The summed E-state index contributed by atoms with van der Waals surface area (Å²) < 4.78 is 11.7. The first kappa shape index (κ1) is 21.8. The number of carbonyl (C=O) groups excluding carboxylic acids is 3. The zero-order valence-corrected chi connectivity index (χ0v) is 18.8. The summed E-state index contributed by atoms with van der Waals surface area (Å²) in [6.07, 6.45) is 1.86. The van der Waals surface area contributed by atoms with Gasteiger partial charge >= 0.3 is 6.03 Å². The van der Waals surface area contributed by atoms with Crippen molar-refractivity contribution in [3.8, 4) is 11.5 Å². The second-order valence-electron chi connectivity index (χ2n) is 8.42. The molecule has 2 aliphatic heterocycles. The predicted molar refractivity (Wildman–Crippen MR) is 125 cm³/mol. The fourth-order valence-electron chi connectivity index (χ4n) is 4.43. The van der Waals surface area contributed by atoms with Gasteiger partial charge in [0.15, 0.2) is 17.6 Å². The van der Waals surface area contributed by atoms with Crippen molar-refractivity contribution in [3.05, 3.63) is 60.3 Å². The summed E-state index contributed by atoms with van der Waals surface area (Å²) in [5.41, 5.74) is 1.91. The first-order valence-electron chi connectivity index (χ1n) is 11.4. The Balaban J connectivity index is 1.21. The number of aromatic amines is 1. The highest BCUT2D eigenvalue weighted by Crippen LogP contribution is 2.31. The van der Waals surface area contributed by atoms with Crippen LogP contribution in [-0.4, -0.2) is 71.0 Å². The van der Waals surface area contributed by atoms with Crippen LogP contribution in [-0.2, 0) is 16.0 Å². The average Bonchev–Trinajstić information content (AvgIpc) is 3.38. The van der Waals surface area contributed by atoms with Gasteiger partial charge in [0.2, 0.25) is 5.91 Å². The van der Waals surface area contributed by atoms with Gasteiger partial charge in [0.1, 0.15) is 19.2 Å². The summed E-state index contributed by atoms with van der Waals surface area (Å²) >= 11 is 0. The maximum Gasteiger partial charge on any atom is 0.325 e. The standard InChI is InChI=1S/C25H26N4O5/c1-2-28(13-17-15-33-21-9-5-6-10-22(21)34-17)23(30)14-29-24(31)20(27-25(29)32)11-16-12-26-19-8-4-3-7-18(16)19/h3-10,12,17,20,26H,2,11,13-15H2,1H3,(H,27,32)/t17-,20+/m0/s1. The minimum Gasteiger partial charge on any atom is -0.486 e. The van der Waals surface area contributed by atoms with Crippen LogP contribution >= 0.6 is 0 Å². The van der Waals surface area contributed by atoms with Gasteiger partial charge in [-0.2, -0.15) is 0 Å². The highest BCUT2D eigenvalue weighted by molar-refractivity contribution is 6.06. The number of para-hydroxylation sites is 3. The van der Waals surface area contributed by atoms with E-state index >= 15 is 0 Å². The van der Waals surface area contributed by atoms with Crippen LogP contribution < -0.4 is 14.8 Å². The minimum absolute atomic E-state index is 0.298. The summed E-state index contributed by atoms with van der Waals surface area (Å²) in [6, 6.07) is 13.9. The molecule has 4 amide bonds. The molecule has 0 saturated carbocycles. The van der Waals surface area contributed by atoms with Gasteiger partial charge in [-0.3, -0.25) is 14.5 Å². The maximum absolute atomic E-state index is 13.0. The lowest BCUT2D eigenvalue weighted by atomic mass is 10.1. The van der Waals surface area contributed by atoms with Crippen LogP contribution in [0.5, 0.6) is 11.5 Å². The molecular weight excluding hydrogens is 436 g/mol. The van der Waals surface area contributed by atoms with Crippen LogP contribution in [0.25, 0.3) is 10.9 Å². The van der Waals surface area contributed by atoms with Gasteiger partial charge in [-0.15, -0.1) is 0 Å². The molecule has 2 aromatic carbocycles. The molecule has 5 rings (SSSR count). The van der Waals surface area contributed by atoms with E-state index in [0.29, 0.717) is 37.6 Å². The summed E-state index contributed by atoms with van der Waals surface area (Å²) in [5.74, 6) is 0.595. The first-order valence-corrected chi connectivity index (χ1v) is 11.4. The molecular formula is C25H26N4O5. The predicted octanol–water partition coefficient (Wildman–Crippen LogP) is 2.32. The van der Waals surface area contributed by atoms with E-state index < -0.39 is 18.0 Å². The average molecular weight is 463 g/mol. The highest BCUT2D eigenvalue weighted by atomic mass is 16.6. The van der Waals surface area contributed by atoms with Crippen molar-refractivity contribution in [1.29, 1.82) is 0 Å². The normalized spacial score (nSPS) is 19.4. The Morgan fingerprint density at radius 3 is 2.71 bits per heavy atom. The maximum atomic E-state index is 13.0. The number of amides is 4. The number of H-pyrrole nitrogens is 1. The van der Waals surface area contributed by atoms with E-state index in [9.17, 15) is 14.4 Å². The number of ether oxygens (including phenoxy) is 2. The minimum atomic E-state index is -0.707. The molecule has 176 valence electrons. The monoisotopic (exact) mass is 462 g/mol. The van der Waals surface area contributed by atoms with E-state index in [1.165, 1.54) is 0 Å². The molecule has 0 unspecified atom stereocenters. The SMILES string of the molecule is CCN(C[C@H]1COc2ccccc2O1)C(=O)CN1C(=O)N[C@H](Cc2c[nH]c3ccccc23)C1=O. The van der Waals surface area contributed by atoms with Crippen LogP contribution in [0.3, 0.4) is 0 Å². The van der Waals surface area contributed by atoms with Crippen LogP contribution in [0.1, 0.15) is 12.5 Å². The zero-order valence-electron chi connectivity index (χ0n) is 18.8. The molecule has 9 heteroatoms. The Bertz CT molecular complexity index is 1240. The van der Waals surface area contributed by atoms with Crippen molar-refractivity contribution >= 4 is 28.7 Å². The van der Waals surface area contributed by atoms with E-state index in [1.807, 2.05) is 61.7 Å². The van der Waals surface area contributed by atoms with Crippen LogP contribution in [0.4, 0.5) is 4.79 Å². The molecule has 2 N–H and O–H groups in total. The van der Waals surface area contributed by atoms with Crippen LogP contribution in [0, 0.1) is 0 Å². The smallest absolute Gasteiger partial charge is 0.325 e. The molecule has 0 bridgehead atoms. The molecule has 0 aliphatic carbocycles. The highest BCUT2D eigenvalue weighted by Gasteiger charge is 2.40. The largest absolute Gasteiger partial charge is 0.486 e. The van der Waals surface area contributed by atoms with Gasteiger partial charge in [0.25, 0.3) is 5.91 Å². The second kappa shape index (κ2) is 9.09. The van der Waals surface area contributed by atoms with Crippen molar-refractivity contribution in [2.24, 2.45) is 0 Å². The molecule has 34 heavy (non-hydrogen) atoms. The number of hydrogen-bond acceptors (Lipinski definition) is 5. The van der Waals surface area contributed by atoms with Gasteiger partial charge in [-0.05, 0) is 30.7 Å². The van der Waals surface area contributed by atoms with Gasteiger partial charge < -0.3 is 24.7 Å². The third kappa shape index (κ3) is 4.16. The number of nitrogens with one attached hydrogen (secondary N) is 2. The second-order valence-corrected chi connectivity index (χ2v) is 8.42. The van der Waals surface area contributed by atoms with Crippen molar-refractivity contribution < 1.29 is 23.9 Å². The summed E-state index contributed by atoms with van der Waals surface area (Å²) in [4.78, 5) is 44.2. The quantitative estimate of drug-likeness (QED) is 0.525. The number of urea groups is 1. The van der Waals surface area contributed by atoms with E-state index in [-0.39, 0.29) is 18.6 Å². The van der Waals surface area contributed by atoms with Crippen molar-refractivity contribution in [2.75, 3.05) is 26.2 Å². The van der Waals surface area contributed by atoms with Crippen LogP contribution in [0.2, 0.25) is 0 Å².